The third-order valence-corrected chi connectivity index (χ3v) is 8.10. The summed E-state index contributed by atoms with van der Waals surface area (Å²) in [6, 6.07) is 10.2. The van der Waals surface area contributed by atoms with Crippen LogP contribution in [0.2, 0.25) is 0 Å². The third-order valence-electron chi connectivity index (χ3n) is 8.10. The lowest BCUT2D eigenvalue weighted by Crippen LogP contribution is -3.00. The second-order valence-electron chi connectivity index (χ2n) is 10.5. The highest BCUT2D eigenvalue weighted by atomic mass is 127. The molecule has 1 aliphatic carbocycles. The maximum Gasteiger partial charge on any atom is 0.177 e. The number of halogens is 1. The van der Waals surface area contributed by atoms with Crippen molar-refractivity contribution in [2.75, 3.05) is 63.3 Å². The first-order valence-corrected chi connectivity index (χ1v) is 13.0. The van der Waals surface area contributed by atoms with Gasteiger partial charge in [-0.25, -0.2) is 0 Å². The molecule has 3 aromatic carbocycles. The summed E-state index contributed by atoms with van der Waals surface area (Å²) in [5.41, 5.74) is 6.52. The maximum absolute atomic E-state index is 6.85. The highest BCUT2D eigenvalue weighted by Crippen LogP contribution is 2.58. The molecule has 0 aromatic heterocycles. The number of methoxy groups -OCH3 is 6. The molecule has 8 nitrogen and oxygen atoms in total. The van der Waals surface area contributed by atoms with E-state index < -0.39 is 0 Å². The van der Waals surface area contributed by atoms with Gasteiger partial charge < -0.3 is 61.6 Å². The molecule has 0 fully saturated rings. The Hall–Kier alpha value is -2.89. The lowest BCUT2D eigenvalue weighted by Gasteiger charge is -2.46. The van der Waals surface area contributed by atoms with E-state index in [1.54, 1.807) is 42.7 Å². The van der Waals surface area contributed by atoms with Gasteiger partial charge in [-0.15, -0.1) is 0 Å². The van der Waals surface area contributed by atoms with E-state index in [1.165, 1.54) is 16.7 Å². The molecule has 1 aliphatic heterocycles. The second-order valence-corrected chi connectivity index (χ2v) is 10.5. The molecular formula is C31H38INO7. The fourth-order valence-corrected chi connectivity index (χ4v) is 6.06. The number of quaternary nitrogens is 1. The number of hydrogen-bond donors (Lipinski definition) is 0. The van der Waals surface area contributed by atoms with Crippen molar-refractivity contribution in [3.05, 3.63) is 52.6 Å². The first-order chi connectivity index (χ1) is 18.8. The highest BCUT2D eigenvalue weighted by molar-refractivity contribution is 5.88. The molecule has 0 saturated carbocycles. The molecular weight excluding hydrogens is 625 g/mol. The summed E-state index contributed by atoms with van der Waals surface area (Å²) < 4.78 is 42.1. The van der Waals surface area contributed by atoms with Gasteiger partial charge in [0, 0.05) is 48.3 Å². The predicted octanol–water partition coefficient (Wildman–Crippen LogP) is 2.57. The number of hydrogen-bond acceptors (Lipinski definition) is 7. The molecule has 1 heterocycles. The number of rotatable bonds is 9. The van der Waals surface area contributed by atoms with E-state index in [0.29, 0.717) is 46.9 Å². The van der Waals surface area contributed by atoms with E-state index >= 15 is 0 Å². The molecule has 40 heavy (non-hydrogen) atoms. The average molecular weight is 664 g/mol. The molecule has 0 N–H and O–H groups in total. The van der Waals surface area contributed by atoms with Crippen molar-refractivity contribution in [1.82, 2.24) is 0 Å². The van der Waals surface area contributed by atoms with Crippen LogP contribution >= 0.6 is 0 Å². The fourth-order valence-electron chi connectivity index (χ4n) is 6.06. The molecule has 9 heteroatoms. The molecule has 0 unspecified atom stereocenters. The molecule has 1 atom stereocenters. The minimum absolute atomic E-state index is 0. The van der Waals surface area contributed by atoms with E-state index in [9.17, 15) is 0 Å². The van der Waals surface area contributed by atoms with Gasteiger partial charge in [-0.05, 0) is 29.3 Å². The Labute approximate surface area is 253 Å². The smallest absolute Gasteiger partial charge is 0.177 e. The number of ether oxygens (including phenoxy) is 7. The average Bonchev–Trinajstić information content (AvgIpc) is 2.95. The Morgan fingerprint density at radius 2 is 1.38 bits per heavy atom. The monoisotopic (exact) mass is 663 g/mol. The summed E-state index contributed by atoms with van der Waals surface area (Å²) in [5, 5.41) is 0. The van der Waals surface area contributed by atoms with Gasteiger partial charge >= 0.3 is 0 Å². The Morgan fingerprint density at radius 3 is 2.00 bits per heavy atom. The second kappa shape index (κ2) is 11.9. The van der Waals surface area contributed by atoms with Crippen LogP contribution in [0.3, 0.4) is 0 Å². The predicted molar refractivity (Wildman–Crippen MR) is 149 cm³/mol. The van der Waals surface area contributed by atoms with Gasteiger partial charge in [-0.2, -0.15) is 0 Å². The van der Waals surface area contributed by atoms with Crippen LogP contribution in [-0.4, -0.2) is 67.8 Å². The molecule has 0 amide bonds. The zero-order chi connectivity index (χ0) is 27.9. The molecule has 2 aliphatic rings. The van der Waals surface area contributed by atoms with Crippen LogP contribution < -0.4 is 52.4 Å². The summed E-state index contributed by atoms with van der Waals surface area (Å²) in [7, 11) is 14.5. The van der Waals surface area contributed by atoms with Crippen LogP contribution in [0.25, 0.3) is 11.1 Å². The summed E-state index contributed by atoms with van der Waals surface area (Å²) in [6.45, 7) is 1.37. The lowest BCUT2D eigenvalue weighted by molar-refractivity contribution is -0.923. The molecule has 5 rings (SSSR count). The first kappa shape index (κ1) is 30.1. The Morgan fingerprint density at radius 1 is 0.700 bits per heavy atom. The number of nitrogens with zero attached hydrogens (tertiary/aromatic N) is 1. The minimum Gasteiger partial charge on any atom is -1.00 e. The van der Waals surface area contributed by atoms with Gasteiger partial charge in [0.2, 0.25) is 0 Å². The van der Waals surface area contributed by atoms with Crippen molar-refractivity contribution >= 4 is 0 Å². The molecule has 216 valence electrons. The van der Waals surface area contributed by atoms with Gasteiger partial charge in [-0.3, -0.25) is 0 Å². The van der Waals surface area contributed by atoms with Crippen molar-refractivity contribution < 1.29 is 61.6 Å². The molecule has 0 radical (unpaired) electrons. The first-order valence-electron chi connectivity index (χ1n) is 13.0. The zero-order valence-electron chi connectivity index (χ0n) is 24.5. The minimum atomic E-state index is 0. The van der Waals surface area contributed by atoms with Crippen LogP contribution in [0.5, 0.6) is 40.2 Å². The van der Waals surface area contributed by atoms with Crippen molar-refractivity contribution in [2.45, 2.75) is 25.5 Å². The van der Waals surface area contributed by atoms with Crippen molar-refractivity contribution in [3.8, 4) is 51.4 Å². The van der Waals surface area contributed by atoms with Crippen LogP contribution in [0, 0.1) is 0 Å². The fraction of sp³-hybridized carbons (Fsp3) is 0.419. The summed E-state index contributed by atoms with van der Waals surface area (Å²) >= 11 is 0. The maximum atomic E-state index is 6.85. The van der Waals surface area contributed by atoms with E-state index in [2.05, 4.69) is 26.2 Å². The van der Waals surface area contributed by atoms with Gasteiger partial charge in [0.25, 0.3) is 0 Å². The van der Waals surface area contributed by atoms with Crippen LogP contribution in [-0.2, 0) is 24.2 Å². The van der Waals surface area contributed by atoms with Crippen molar-refractivity contribution in [1.29, 1.82) is 0 Å². The highest BCUT2D eigenvalue weighted by Gasteiger charge is 2.44. The lowest BCUT2D eigenvalue weighted by atomic mass is 9.75. The van der Waals surface area contributed by atoms with Crippen LogP contribution in [0.4, 0.5) is 0 Å². The van der Waals surface area contributed by atoms with Crippen molar-refractivity contribution in [3.63, 3.8) is 0 Å². The quantitative estimate of drug-likeness (QED) is 0.258. The van der Waals surface area contributed by atoms with Crippen LogP contribution in [0.15, 0.2) is 30.3 Å². The molecule has 0 saturated heterocycles. The van der Waals surface area contributed by atoms with E-state index in [1.807, 2.05) is 18.2 Å². The van der Waals surface area contributed by atoms with Crippen molar-refractivity contribution in [2.24, 2.45) is 0 Å². The third kappa shape index (κ3) is 4.92. The topological polar surface area (TPSA) is 64.6 Å². The molecule has 0 spiro atoms. The van der Waals surface area contributed by atoms with Gasteiger partial charge in [0.1, 0.15) is 11.8 Å². The van der Waals surface area contributed by atoms with Crippen LogP contribution in [0.1, 0.15) is 28.3 Å². The number of fused-ring (bicyclic) bond motifs is 2. The summed E-state index contributed by atoms with van der Waals surface area (Å²) in [4.78, 5) is 0. The molecule has 0 bridgehead atoms. The zero-order valence-corrected chi connectivity index (χ0v) is 26.6. The normalized spacial score (nSPS) is 16.1. The standard InChI is InChI=1S/C31H38NO7.HI/c1-32(2)12-11-19-14-26(37-7)31(39-23-16-25(36-6)24(35-5)15-20(23)17-33-3)29-27(19)21(32)13-18-9-10-22(34-4)30(38-8)28(18)29;/h9-10,14-16,21H,11-13,17H2,1-8H3;1H/q+1;/p-1/t21-;/m0./s1. The number of benzene rings is 3. The van der Waals surface area contributed by atoms with E-state index in [-0.39, 0.29) is 30.0 Å². The van der Waals surface area contributed by atoms with Gasteiger partial charge in [0.05, 0.1) is 62.8 Å². The summed E-state index contributed by atoms with van der Waals surface area (Å²) in [5.74, 6) is 4.41. The Kier molecular flexibility index (Phi) is 8.96. The number of likely N-dealkylation sites (N-methyl/N-ethyl adjacent to an activating group) is 1. The van der Waals surface area contributed by atoms with Gasteiger partial charge in [0.15, 0.2) is 34.5 Å². The largest absolute Gasteiger partial charge is 1.00 e. The Balaban J connectivity index is 0.00000370. The SMILES string of the molecule is COCc1cc(OC)c(OC)cc1Oc1c(OC)cc2c3c1-c1c(ccc(OC)c1OC)C[C@@H]3[N+](C)(C)CC2.[I-]. The van der Waals surface area contributed by atoms with E-state index in [0.717, 1.165) is 40.6 Å². The summed E-state index contributed by atoms with van der Waals surface area (Å²) in [6.07, 6.45) is 1.83. The van der Waals surface area contributed by atoms with Gasteiger partial charge in [-0.1, -0.05) is 6.07 Å². The van der Waals surface area contributed by atoms with E-state index in [4.69, 9.17) is 33.2 Å². The Bertz CT molecular complexity index is 1410. The molecule has 3 aromatic rings.